The second-order valence-corrected chi connectivity index (χ2v) is 7.24. The van der Waals surface area contributed by atoms with Gasteiger partial charge in [-0.25, -0.2) is 9.97 Å². The molecule has 4 heterocycles. The van der Waals surface area contributed by atoms with Crippen LogP contribution in [0.25, 0.3) is 33.6 Å². The number of nitrogens with zero attached hydrogens (tertiary/aromatic N) is 4. The highest BCUT2D eigenvalue weighted by Crippen LogP contribution is 2.31. The maximum atomic E-state index is 4.83. The van der Waals surface area contributed by atoms with Gasteiger partial charge in [-0.1, -0.05) is 0 Å². The Balaban J connectivity index is 1.93. The van der Waals surface area contributed by atoms with E-state index in [9.17, 15) is 0 Å². The van der Waals surface area contributed by atoms with E-state index in [0.717, 1.165) is 42.8 Å². The summed E-state index contributed by atoms with van der Waals surface area (Å²) >= 11 is 6.92. The first-order valence-electron chi connectivity index (χ1n) is 7.85. The molecule has 0 atom stereocenters. The van der Waals surface area contributed by atoms with Gasteiger partial charge in [-0.2, -0.15) is 0 Å². The van der Waals surface area contributed by atoms with Crippen molar-refractivity contribution in [3.63, 3.8) is 0 Å². The molecular formula is C20H12Br2N4. The average Bonchev–Trinajstić information content (AvgIpc) is 2.68. The van der Waals surface area contributed by atoms with E-state index in [4.69, 9.17) is 4.98 Å². The Labute approximate surface area is 167 Å². The van der Waals surface area contributed by atoms with Gasteiger partial charge in [0.2, 0.25) is 0 Å². The van der Waals surface area contributed by atoms with Gasteiger partial charge in [0.15, 0.2) is 0 Å². The van der Waals surface area contributed by atoms with Crippen molar-refractivity contribution in [3.8, 4) is 33.6 Å². The van der Waals surface area contributed by atoms with Crippen LogP contribution in [0.2, 0.25) is 0 Å². The lowest BCUT2D eigenvalue weighted by molar-refractivity contribution is 1.23. The third kappa shape index (κ3) is 3.71. The molecule has 0 aromatic carbocycles. The SMILES string of the molecule is Brc1cc(-c2cc(-c3cccnc3)nc(-c3cccnc3)c2)cc(Br)n1. The van der Waals surface area contributed by atoms with Crippen molar-refractivity contribution in [2.45, 2.75) is 0 Å². The second-order valence-electron chi connectivity index (χ2n) is 5.61. The van der Waals surface area contributed by atoms with E-state index in [1.807, 2.05) is 48.8 Å². The zero-order valence-corrected chi connectivity index (χ0v) is 16.6. The summed E-state index contributed by atoms with van der Waals surface area (Å²) in [4.78, 5) is 17.6. The Morgan fingerprint density at radius 2 is 1.08 bits per heavy atom. The number of hydrogen-bond acceptors (Lipinski definition) is 4. The lowest BCUT2D eigenvalue weighted by Crippen LogP contribution is -1.92. The highest BCUT2D eigenvalue weighted by Gasteiger charge is 2.10. The number of rotatable bonds is 3. The predicted octanol–water partition coefficient (Wildman–Crippen LogP) is 5.79. The normalized spacial score (nSPS) is 10.7. The van der Waals surface area contributed by atoms with Crippen LogP contribution >= 0.6 is 31.9 Å². The summed E-state index contributed by atoms with van der Waals surface area (Å²) in [6.07, 6.45) is 7.15. The summed E-state index contributed by atoms with van der Waals surface area (Å²) in [5.41, 5.74) is 5.73. The Morgan fingerprint density at radius 3 is 1.54 bits per heavy atom. The van der Waals surface area contributed by atoms with Crippen molar-refractivity contribution in [1.29, 1.82) is 0 Å². The first kappa shape index (κ1) is 17.0. The Morgan fingerprint density at radius 1 is 0.577 bits per heavy atom. The van der Waals surface area contributed by atoms with Gasteiger partial charge in [0.05, 0.1) is 11.4 Å². The van der Waals surface area contributed by atoms with Crippen molar-refractivity contribution >= 4 is 31.9 Å². The first-order valence-corrected chi connectivity index (χ1v) is 9.44. The van der Waals surface area contributed by atoms with Crippen LogP contribution in [-0.4, -0.2) is 19.9 Å². The molecule has 6 heteroatoms. The zero-order chi connectivity index (χ0) is 17.9. The molecule has 0 amide bonds. The minimum absolute atomic E-state index is 0.768. The van der Waals surface area contributed by atoms with E-state index in [-0.39, 0.29) is 0 Å². The van der Waals surface area contributed by atoms with Crippen LogP contribution in [0.1, 0.15) is 0 Å². The molecule has 0 aliphatic heterocycles. The molecule has 4 rings (SSSR count). The molecule has 4 aromatic rings. The monoisotopic (exact) mass is 466 g/mol. The number of aromatic nitrogens is 4. The second kappa shape index (κ2) is 7.43. The molecule has 126 valence electrons. The fourth-order valence-corrected chi connectivity index (χ4v) is 3.77. The Bertz CT molecular complexity index is 976. The minimum atomic E-state index is 0.768. The van der Waals surface area contributed by atoms with Crippen molar-refractivity contribution in [1.82, 2.24) is 19.9 Å². The largest absolute Gasteiger partial charge is 0.264 e. The van der Waals surface area contributed by atoms with Crippen LogP contribution in [0, 0.1) is 0 Å². The molecule has 0 radical (unpaired) electrons. The molecule has 0 fully saturated rings. The van der Waals surface area contributed by atoms with Gasteiger partial charge < -0.3 is 0 Å². The van der Waals surface area contributed by atoms with E-state index < -0.39 is 0 Å². The van der Waals surface area contributed by atoms with Crippen LogP contribution in [-0.2, 0) is 0 Å². The molecule has 4 nitrogen and oxygen atoms in total. The van der Waals surface area contributed by atoms with Crippen LogP contribution in [0.3, 0.4) is 0 Å². The van der Waals surface area contributed by atoms with Gasteiger partial charge in [0.1, 0.15) is 9.21 Å². The van der Waals surface area contributed by atoms with Gasteiger partial charge >= 0.3 is 0 Å². The summed E-state index contributed by atoms with van der Waals surface area (Å²) in [6.45, 7) is 0. The van der Waals surface area contributed by atoms with E-state index in [0.29, 0.717) is 0 Å². The molecule has 0 unspecified atom stereocenters. The van der Waals surface area contributed by atoms with E-state index in [1.165, 1.54) is 0 Å². The third-order valence-electron chi connectivity index (χ3n) is 3.84. The number of halogens is 2. The summed E-state index contributed by atoms with van der Waals surface area (Å²) in [7, 11) is 0. The lowest BCUT2D eigenvalue weighted by atomic mass is 10.0. The maximum absolute atomic E-state index is 4.83. The fraction of sp³-hybridized carbons (Fsp3) is 0. The summed E-state index contributed by atoms with van der Waals surface area (Å²) in [6, 6.07) is 15.9. The molecule has 0 spiro atoms. The quantitative estimate of drug-likeness (QED) is 0.357. The van der Waals surface area contributed by atoms with Crippen molar-refractivity contribution < 1.29 is 0 Å². The van der Waals surface area contributed by atoms with Crippen molar-refractivity contribution in [3.05, 3.63) is 82.5 Å². The first-order chi connectivity index (χ1) is 12.7. The Kier molecular flexibility index (Phi) is 4.86. The number of hydrogen-bond donors (Lipinski definition) is 0. The van der Waals surface area contributed by atoms with Crippen molar-refractivity contribution in [2.75, 3.05) is 0 Å². The highest BCUT2D eigenvalue weighted by atomic mass is 79.9. The number of pyridine rings is 4. The van der Waals surface area contributed by atoms with E-state index in [1.54, 1.807) is 12.4 Å². The van der Waals surface area contributed by atoms with Gasteiger partial charge in [-0.05, 0) is 91.5 Å². The zero-order valence-electron chi connectivity index (χ0n) is 13.5. The highest BCUT2D eigenvalue weighted by molar-refractivity contribution is 9.11. The predicted molar refractivity (Wildman–Crippen MR) is 109 cm³/mol. The van der Waals surface area contributed by atoms with Gasteiger partial charge in [-0.3, -0.25) is 9.97 Å². The molecule has 0 aliphatic carbocycles. The molecule has 0 saturated heterocycles. The lowest BCUT2D eigenvalue weighted by Gasteiger charge is -2.10. The summed E-state index contributed by atoms with van der Waals surface area (Å²) in [5, 5.41) is 0. The molecule has 26 heavy (non-hydrogen) atoms. The molecule has 0 bridgehead atoms. The van der Waals surface area contributed by atoms with Crippen LogP contribution in [0.15, 0.2) is 82.5 Å². The van der Waals surface area contributed by atoms with Gasteiger partial charge in [0.25, 0.3) is 0 Å². The summed E-state index contributed by atoms with van der Waals surface area (Å²) in [5.74, 6) is 0. The fourth-order valence-electron chi connectivity index (χ4n) is 2.65. The standard InChI is InChI=1S/C20H12Br2N4/c21-19-9-16(10-20(22)26-19)15-7-17(13-3-1-5-23-11-13)25-18(8-15)14-4-2-6-24-12-14/h1-12H. The average molecular weight is 468 g/mol. The third-order valence-corrected chi connectivity index (χ3v) is 4.65. The topological polar surface area (TPSA) is 51.6 Å². The van der Waals surface area contributed by atoms with Crippen LogP contribution < -0.4 is 0 Å². The van der Waals surface area contributed by atoms with E-state index >= 15 is 0 Å². The van der Waals surface area contributed by atoms with E-state index in [2.05, 4.69) is 58.9 Å². The smallest absolute Gasteiger partial charge is 0.108 e. The summed E-state index contributed by atoms with van der Waals surface area (Å²) < 4.78 is 1.54. The van der Waals surface area contributed by atoms with Gasteiger partial charge in [-0.15, -0.1) is 0 Å². The van der Waals surface area contributed by atoms with Crippen LogP contribution in [0.4, 0.5) is 0 Å². The van der Waals surface area contributed by atoms with Gasteiger partial charge in [0, 0.05) is 35.9 Å². The van der Waals surface area contributed by atoms with Crippen molar-refractivity contribution in [2.24, 2.45) is 0 Å². The molecular weight excluding hydrogens is 456 g/mol. The Hall–Kier alpha value is -2.44. The minimum Gasteiger partial charge on any atom is -0.264 e. The maximum Gasteiger partial charge on any atom is 0.108 e. The molecule has 0 saturated carbocycles. The molecule has 4 aromatic heterocycles. The molecule has 0 N–H and O–H groups in total. The molecule has 0 aliphatic rings. The van der Waals surface area contributed by atoms with Crippen LogP contribution in [0.5, 0.6) is 0 Å².